The molecule has 172 valence electrons. The Bertz CT molecular complexity index is 1230. The second kappa shape index (κ2) is 9.24. The van der Waals surface area contributed by atoms with Crippen molar-refractivity contribution in [2.24, 2.45) is 0 Å². The first-order valence-corrected chi connectivity index (χ1v) is 11.4. The smallest absolute Gasteiger partial charge is 0.293 e. The molecule has 0 amide bonds. The highest BCUT2D eigenvalue weighted by Gasteiger charge is 2.27. The number of nitro benzene ring substituents is 1. The first kappa shape index (κ1) is 22.2. The van der Waals surface area contributed by atoms with Crippen LogP contribution < -0.4 is 19.3 Å². The van der Waals surface area contributed by atoms with E-state index in [2.05, 4.69) is 19.7 Å². The van der Waals surface area contributed by atoms with Gasteiger partial charge in [0.2, 0.25) is 11.8 Å². The highest BCUT2D eigenvalue weighted by Crippen LogP contribution is 2.32. The van der Waals surface area contributed by atoms with Gasteiger partial charge in [0.1, 0.15) is 5.69 Å². The zero-order valence-electron chi connectivity index (χ0n) is 17.7. The number of piperazine rings is 1. The lowest BCUT2D eigenvalue weighted by molar-refractivity contribution is -0.384. The molecule has 0 saturated carbocycles. The van der Waals surface area contributed by atoms with E-state index in [-0.39, 0.29) is 16.3 Å². The molecule has 13 heteroatoms. The van der Waals surface area contributed by atoms with E-state index in [0.717, 1.165) is 6.07 Å². The van der Waals surface area contributed by atoms with Gasteiger partial charge in [-0.25, -0.2) is 23.4 Å². The lowest BCUT2D eigenvalue weighted by atomic mass is 10.2. The molecule has 33 heavy (non-hydrogen) atoms. The summed E-state index contributed by atoms with van der Waals surface area (Å²) in [5, 5.41) is 11.8. The number of hydrogen-bond donors (Lipinski definition) is 1. The van der Waals surface area contributed by atoms with E-state index in [1.54, 1.807) is 18.5 Å². The van der Waals surface area contributed by atoms with Crippen LogP contribution in [0.5, 0.6) is 5.88 Å². The topological polar surface area (TPSA) is 144 Å². The Kier molecular flexibility index (Phi) is 6.22. The minimum atomic E-state index is -4.06. The van der Waals surface area contributed by atoms with Gasteiger partial charge >= 0.3 is 0 Å². The van der Waals surface area contributed by atoms with Gasteiger partial charge in [-0.1, -0.05) is 0 Å². The van der Waals surface area contributed by atoms with Crippen molar-refractivity contribution >= 4 is 33.0 Å². The predicted octanol–water partition coefficient (Wildman–Crippen LogP) is 1.92. The van der Waals surface area contributed by atoms with Crippen LogP contribution in [0.1, 0.15) is 0 Å². The number of methoxy groups -OCH3 is 1. The summed E-state index contributed by atoms with van der Waals surface area (Å²) >= 11 is 0. The van der Waals surface area contributed by atoms with E-state index in [9.17, 15) is 18.5 Å². The van der Waals surface area contributed by atoms with Gasteiger partial charge in [-0.3, -0.25) is 14.8 Å². The van der Waals surface area contributed by atoms with Gasteiger partial charge < -0.3 is 14.5 Å². The van der Waals surface area contributed by atoms with Crippen LogP contribution in [0.4, 0.5) is 23.0 Å². The summed E-state index contributed by atoms with van der Waals surface area (Å²) < 4.78 is 32.9. The van der Waals surface area contributed by atoms with E-state index < -0.39 is 14.9 Å². The largest absolute Gasteiger partial charge is 0.481 e. The molecular weight excluding hydrogens is 450 g/mol. The van der Waals surface area contributed by atoms with Gasteiger partial charge in [-0.2, -0.15) is 0 Å². The number of nitrogens with one attached hydrogen (secondary N) is 1. The molecule has 0 bridgehead atoms. The summed E-state index contributed by atoms with van der Waals surface area (Å²) in [7, 11) is -2.61. The summed E-state index contributed by atoms with van der Waals surface area (Å²) in [4.78, 5) is 27.2. The van der Waals surface area contributed by atoms with Gasteiger partial charge in [-0.05, 0) is 24.3 Å². The van der Waals surface area contributed by atoms with Crippen LogP contribution in [0.3, 0.4) is 0 Å². The minimum Gasteiger partial charge on any atom is -0.481 e. The molecule has 0 aliphatic carbocycles. The van der Waals surface area contributed by atoms with Gasteiger partial charge in [0.15, 0.2) is 0 Å². The van der Waals surface area contributed by atoms with Crippen LogP contribution >= 0.6 is 0 Å². The Morgan fingerprint density at radius 2 is 1.73 bits per heavy atom. The monoisotopic (exact) mass is 471 g/mol. The van der Waals surface area contributed by atoms with Crippen LogP contribution in [-0.4, -0.2) is 61.6 Å². The number of benzene rings is 1. The Morgan fingerprint density at radius 1 is 1.03 bits per heavy atom. The van der Waals surface area contributed by atoms with Crippen molar-refractivity contribution in [1.82, 2.24) is 15.0 Å². The maximum Gasteiger partial charge on any atom is 0.293 e. The number of rotatable bonds is 7. The maximum absolute atomic E-state index is 12.8. The average Bonchev–Trinajstić information content (AvgIpc) is 2.84. The fraction of sp³-hybridized carbons (Fsp3) is 0.250. The third kappa shape index (κ3) is 4.92. The normalized spacial score (nSPS) is 14.1. The molecule has 0 unspecified atom stereocenters. The lowest BCUT2D eigenvalue weighted by Crippen LogP contribution is -2.47. The van der Waals surface area contributed by atoms with Gasteiger partial charge in [0.25, 0.3) is 15.7 Å². The number of hydrogen-bond acceptors (Lipinski definition) is 10. The minimum absolute atomic E-state index is 0.210. The van der Waals surface area contributed by atoms with Crippen molar-refractivity contribution in [3.63, 3.8) is 0 Å². The lowest BCUT2D eigenvalue weighted by Gasteiger charge is -2.35. The molecule has 1 N–H and O–H groups in total. The summed E-state index contributed by atoms with van der Waals surface area (Å²) in [5.74, 6) is 0.934. The standard InChI is InChI=1S/C20H21N7O5S/c1-32-19-6-3-15(14-23-19)24-33(30,31)16-4-5-17(18(13-16)27(28)29)25-9-11-26(12-10-25)20-21-7-2-8-22-20/h2-8,13-14,24H,9-12H2,1H3. The van der Waals surface area contributed by atoms with Gasteiger partial charge in [0.05, 0.1) is 28.8 Å². The fourth-order valence-electron chi connectivity index (χ4n) is 3.46. The number of sulfonamides is 1. The summed E-state index contributed by atoms with van der Waals surface area (Å²) in [6.07, 6.45) is 4.62. The Morgan fingerprint density at radius 3 is 2.33 bits per heavy atom. The zero-order valence-corrected chi connectivity index (χ0v) is 18.5. The maximum atomic E-state index is 12.8. The molecule has 4 rings (SSSR count). The molecule has 1 saturated heterocycles. The number of aromatic nitrogens is 3. The van der Waals surface area contributed by atoms with Crippen LogP contribution in [0.15, 0.2) is 59.9 Å². The molecule has 2 aromatic heterocycles. The number of pyridine rings is 1. The average molecular weight is 471 g/mol. The quantitative estimate of drug-likeness (QED) is 0.401. The van der Waals surface area contributed by atoms with E-state index in [1.165, 1.54) is 37.6 Å². The molecule has 1 aromatic carbocycles. The van der Waals surface area contributed by atoms with Crippen molar-refractivity contribution in [3.8, 4) is 5.88 Å². The summed E-state index contributed by atoms with van der Waals surface area (Å²) in [6, 6.07) is 8.62. The molecule has 12 nitrogen and oxygen atoms in total. The highest BCUT2D eigenvalue weighted by atomic mass is 32.2. The first-order valence-electron chi connectivity index (χ1n) is 9.95. The molecule has 3 heterocycles. The van der Waals surface area contributed by atoms with Crippen molar-refractivity contribution < 1.29 is 18.1 Å². The van der Waals surface area contributed by atoms with Crippen molar-refractivity contribution in [3.05, 3.63) is 65.1 Å². The first-order chi connectivity index (χ1) is 15.9. The fourth-order valence-corrected chi connectivity index (χ4v) is 4.52. The molecule has 3 aromatic rings. The van der Waals surface area contributed by atoms with E-state index in [4.69, 9.17) is 4.74 Å². The van der Waals surface area contributed by atoms with E-state index >= 15 is 0 Å². The Balaban J connectivity index is 1.53. The third-order valence-electron chi connectivity index (χ3n) is 5.11. The van der Waals surface area contributed by atoms with Crippen LogP contribution in [-0.2, 0) is 10.0 Å². The molecular formula is C20H21N7O5S. The number of nitro groups is 1. The second-order valence-electron chi connectivity index (χ2n) is 7.13. The Labute approximate surface area is 190 Å². The molecule has 0 atom stereocenters. The van der Waals surface area contributed by atoms with Crippen molar-refractivity contribution in [2.75, 3.05) is 47.8 Å². The molecule has 0 spiro atoms. The van der Waals surface area contributed by atoms with E-state index in [0.29, 0.717) is 43.7 Å². The molecule has 1 aliphatic rings. The number of anilines is 3. The molecule has 1 aliphatic heterocycles. The SMILES string of the molecule is COc1ccc(NS(=O)(=O)c2ccc(N3CCN(c4ncccn4)CC3)c([N+](=O)[O-])c2)cn1. The van der Waals surface area contributed by atoms with E-state index in [1.807, 2.05) is 9.80 Å². The second-order valence-corrected chi connectivity index (χ2v) is 8.81. The van der Waals surface area contributed by atoms with Gasteiger partial charge in [0, 0.05) is 50.7 Å². The highest BCUT2D eigenvalue weighted by molar-refractivity contribution is 7.92. The third-order valence-corrected chi connectivity index (χ3v) is 6.49. The zero-order chi connectivity index (χ0) is 23.4. The molecule has 1 fully saturated rings. The van der Waals surface area contributed by atoms with Crippen molar-refractivity contribution in [1.29, 1.82) is 0 Å². The summed E-state index contributed by atoms with van der Waals surface area (Å²) in [6.45, 7) is 2.16. The van der Waals surface area contributed by atoms with Crippen LogP contribution in [0.2, 0.25) is 0 Å². The van der Waals surface area contributed by atoms with Gasteiger partial charge in [-0.15, -0.1) is 0 Å². The van der Waals surface area contributed by atoms with Crippen molar-refractivity contribution in [2.45, 2.75) is 4.90 Å². The summed E-state index contributed by atoms with van der Waals surface area (Å²) in [5.41, 5.74) is 0.288. The predicted molar refractivity (Wildman–Crippen MR) is 121 cm³/mol. The number of nitrogens with zero attached hydrogens (tertiary/aromatic N) is 6. The molecule has 0 radical (unpaired) electrons. The van der Waals surface area contributed by atoms with Crippen LogP contribution in [0.25, 0.3) is 0 Å². The Hall–Kier alpha value is -4.00. The van der Waals surface area contributed by atoms with Crippen LogP contribution in [0, 0.1) is 10.1 Å². The number of ether oxygens (including phenoxy) is 1.